The number of amides is 1. The summed E-state index contributed by atoms with van der Waals surface area (Å²) in [5.74, 6) is -0.182. The minimum atomic E-state index is -0.182. The van der Waals surface area contributed by atoms with Gasteiger partial charge in [-0.3, -0.25) is 9.78 Å². The topological polar surface area (TPSA) is 42.0 Å². The minimum Gasteiger partial charge on any atom is -0.344 e. The molecule has 1 aromatic rings. The second kappa shape index (κ2) is 4.40. The molecule has 0 saturated carbocycles. The van der Waals surface area contributed by atoms with Crippen molar-refractivity contribution < 1.29 is 4.79 Å². The van der Waals surface area contributed by atoms with Crippen LogP contribution in [0.2, 0.25) is 0 Å². The number of hydrogen-bond donors (Lipinski definition) is 1. The van der Waals surface area contributed by atoms with E-state index >= 15 is 0 Å². The van der Waals surface area contributed by atoms with Crippen molar-refractivity contribution in [1.82, 2.24) is 10.3 Å². The zero-order valence-corrected chi connectivity index (χ0v) is 7.53. The van der Waals surface area contributed by atoms with Gasteiger partial charge in [-0.2, -0.15) is 0 Å². The van der Waals surface area contributed by atoms with Gasteiger partial charge in [-0.25, -0.2) is 0 Å². The highest BCUT2D eigenvalue weighted by Crippen LogP contribution is 2.06. The Morgan fingerprint density at radius 1 is 1.69 bits per heavy atom. The number of rotatable bonds is 3. The van der Waals surface area contributed by atoms with Crippen LogP contribution in [-0.4, -0.2) is 10.9 Å². The summed E-state index contributed by atoms with van der Waals surface area (Å²) in [6.45, 7) is 5.25. The third-order valence-corrected chi connectivity index (χ3v) is 1.68. The van der Waals surface area contributed by atoms with Crippen LogP contribution in [0.4, 0.5) is 0 Å². The van der Waals surface area contributed by atoms with E-state index in [4.69, 9.17) is 0 Å². The second-order valence-electron chi connectivity index (χ2n) is 2.69. The summed E-state index contributed by atoms with van der Waals surface area (Å²) in [6.07, 6.45) is 2.95. The highest BCUT2D eigenvalue weighted by Gasteiger charge is 2.06. The van der Waals surface area contributed by atoms with Crippen LogP contribution in [0.3, 0.4) is 0 Å². The van der Waals surface area contributed by atoms with E-state index in [2.05, 4.69) is 16.9 Å². The Morgan fingerprint density at radius 3 is 3.00 bits per heavy atom. The van der Waals surface area contributed by atoms with Crippen molar-refractivity contribution in [1.29, 1.82) is 0 Å². The van der Waals surface area contributed by atoms with Gasteiger partial charge in [0, 0.05) is 6.20 Å². The summed E-state index contributed by atoms with van der Waals surface area (Å²) in [7, 11) is 0. The Kier molecular flexibility index (Phi) is 3.20. The fourth-order valence-corrected chi connectivity index (χ4v) is 0.978. The molecule has 0 aliphatic rings. The molecule has 0 saturated heterocycles. The summed E-state index contributed by atoms with van der Waals surface area (Å²) in [4.78, 5) is 15.1. The van der Waals surface area contributed by atoms with Crippen LogP contribution in [0.25, 0.3) is 0 Å². The van der Waals surface area contributed by atoms with Gasteiger partial charge in [-0.05, 0) is 25.1 Å². The zero-order valence-electron chi connectivity index (χ0n) is 7.53. The van der Waals surface area contributed by atoms with Gasteiger partial charge in [0.05, 0.1) is 11.7 Å². The molecular formula is C10H12N2O. The molecule has 1 atom stereocenters. The van der Waals surface area contributed by atoms with Crippen molar-refractivity contribution in [3.8, 4) is 0 Å². The van der Waals surface area contributed by atoms with E-state index in [-0.39, 0.29) is 11.9 Å². The smallest absolute Gasteiger partial charge is 0.243 e. The van der Waals surface area contributed by atoms with Crippen LogP contribution in [-0.2, 0) is 4.79 Å². The molecule has 0 aliphatic heterocycles. The Hall–Kier alpha value is -1.64. The lowest BCUT2D eigenvalue weighted by Crippen LogP contribution is -2.24. The predicted octanol–water partition coefficient (Wildman–Crippen LogP) is 1.44. The van der Waals surface area contributed by atoms with E-state index < -0.39 is 0 Å². The van der Waals surface area contributed by atoms with E-state index in [0.29, 0.717) is 0 Å². The van der Waals surface area contributed by atoms with Crippen LogP contribution in [0.5, 0.6) is 0 Å². The molecule has 0 spiro atoms. The molecule has 0 radical (unpaired) electrons. The first kappa shape index (κ1) is 9.45. The number of carbonyl (C=O) groups excluding carboxylic acids is 1. The first-order valence-corrected chi connectivity index (χ1v) is 4.08. The van der Waals surface area contributed by atoms with E-state index in [1.807, 2.05) is 25.1 Å². The lowest BCUT2D eigenvalue weighted by molar-refractivity contribution is -0.117. The molecule has 1 N–H and O–H groups in total. The highest BCUT2D eigenvalue weighted by molar-refractivity contribution is 5.87. The van der Waals surface area contributed by atoms with Crippen LogP contribution in [0.1, 0.15) is 18.7 Å². The maximum atomic E-state index is 10.9. The third-order valence-electron chi connectivity index (χ3n) is 1.68. The van der Waals surface area contributed by atoms with Gasteiger partial charge in [0.25, 0.3) is 0 Å². The summed E-state index contributed by atoms with van der Waals surface area (Å²) in [5, 5.41) is 2.73. The van der Waals surface area contributed by atoms with Crippen molar-refractivity contribution in [2.75, 3.05) is 0 Å². The normalized spacial score (nSPS) is 11.8. The number of pyridine rings is 1. The number of hydrogen-bond acceptors (Lipinski definition) is 2. The van der Waals surface area contributed by atoms with E-state index in [9.17, 15) is 4.79 Å². The van der Waals surface area contributed by atoms with Crippen molar-refractivity contribution in [3.05, 3.63) is 42.7 Å². The molecule has 0 bridgehead atoms. The molecule has 0 fully saturated rings. The maximum absolute atomic E-state index is 10.9. The first-order chi connectivity index (χ1) is 6.24. The summed E-state index contributed by atoms with van der Waals surface area (Å²) in [5.41, 5.74) is 0.845. The fraction of sp³-hybridized carbons (Fsp3) is 0.200. The van der Waals surface area contributed by atoms with Gasteiger partial charge in [-0.1, -0.05) is 12.6 Å². The van der Waals surface area contributed by atoms with Crippen LogP contribution >= 0.6 is 0 Å². The quantitative estimate of drug-likeness (QED) is 0.708. The fourth-order valence-electron chi connectivity index (χ4n) is 0.978. The molecular weight excluding hydrogens is 164 g/mol. The molecule has 1 aromatic heterocycles. The van der Waals surface area contributed by atoms with Crippen LogP contribution in [0, 0.1) is 0 Å². The average molecular weight is 176 g/mol. The van der Waals surface area contributed by atoms with E-state index in [1.165, 1.54) is 6.08 Å². The Labute approximate surface area is 77.5 Å². The standard InChI is InChI=1S/C10H12N2O/c1-3-10(13)12-8(2)9-6-4-5-7-11-9/h3-8H,1H2,2H3,(H,12,13). The van der Waals surface area contributed by atoms with E-state index in [1.54, 1.807) is 6.20 Å². The summed E-state index contributed by atoms with van der Waals surface area (Å²) >= 11 is 0. The Balaban J connectivity index is 2.63. The minimum absolute atomic E-state index is 0.0771. The molecule has 68 valence electrons. The van der Waals surface area contributed by atoms with Gasteiger partial charge in [0.15, 0.2) is 0 Å². The first-order valence-electron chi connectivity index (χ1n) is 4.08. The molecule has 3 heteroatoms. The van der Waals surface area contributed by atoms with Crippen LogP contribution < -0.4 is 5.32 Å². The summed E-state index contributed by atoms with van der Waals surface area (Å²) in [6, 6.07) is 5.52. The van der Waals surface area contributed by atoms with Crippen molar-refractivity contribution in [2.24, 2.45) is 0 Å². The molecule has 1 amide bonds. The zero-order chi connectivity index (χ0) is 9.68. The molecule has 1 unspecified atom stereocenters. The molecule has 1 rings (SSSR count). The van der Waals surface area contributed by atoms with Crippen molar-refractivity contribution in [3.63, 3.8) is 0 Å². The molecule has 0 aliphatic carbocycles. The average Bonchev–Trinajstić information content (AvgIpc) is 2.19. The summed E-state index contributed by atoms with van der Waals surface area (Å²) < 4.78 is 0. The SMILES string of the molecule is C=CC(=O)NC(C)c1ccccn1. The van der Waals surface area contributed by atoms with Gasteiger partial charge in [-0.15, -0.1) is 0 Å². The number of nitrogens with one attached hydrogen (secondary N) is 1. The number of nitrogens with zero attached hydrogens (tertiary/aromatic N) is 1. The maximum Gasteiger partial charge on any atom is 0.243 e. The van der Waals surface area contributed by atoms with Gasteiger partial charge in [0.2, 0.25) is 5.91 Å². The monoisotopic (exact) mass is 176 g/mol. The number of carbonyl (C=O) groups is 1. The molecule has 3 nitrogen and oxygen atoms in total. The number of aromatic nitrogens is 1. The van der Waals surface area contributed by atoms with Crippen molar-refractivity contribution in [2.45, 2.75) is 13.0 Å². The Morgan fingerprint density at radius 2 is 2.46 bits per heavy atom. The lowest BCUT2D eigenvalue weighted by Gasteiger charge is -2.10. The Bertz CT molecular complexity index is 295. The third kappa shape index (κ3) is 2.71. The molecule has 1 heterocycles. The molecule has 0 aromatic carbocycles. The lowest BCUT2D eigenvalue weighted by atomic mass is 10.2. The van der Waals surface area contributed by atoms with Gasteiger partial charge < -0.3 is 5.32 Å². The highest BCUT2D eigenvalue weighted by atomic mass is 16.1. The molecule has 13 heavy (non-hydrogen) atoms. The largest absolute Gasteiger partial charge is 0.344 e. The van der Waals surface area contributed by atoms with Crippen molar-refractivity contribution >= 4 is 5.91 Å². The van der Waals surface area contributed by atoms with Gasteiger partial charge >= 0.3 is 0 Å². The predicted molar refractivity (Wildman–Crippen MR) is 51.0 cm³/mol. The van der Waals surface area contributed by atoms with Gasteiger partial charge in [0.1, 0.15) is 0 Å². The van der Waals surface area contributed by atoms with Crippen LogP contribution in [0.15, 0.2) is 37.1 Å². The second-order valence-corrected chi connectivity index (χ2v) is 2.69. The van der Waals surface area contributed by atoms with E-state index in [0.717, 1.165) is 5.69 Å².